The molecule has 0 fully saturated rings. The molecule has 1 aromatic rings. The van der Waals surface area contributed by atoms with Crippen molar-refractivity contribution in [3.05, 3.63) is 35.4 Å². The van der Waals surface area contributed by atoms with Crippen molar-refractivity contribution in [3.8, 4) is 0 Å². The van der Waals surface area contributed by atoms with E-state index in [9.17, 15) is 18.0 Å². The van der Waals surface area contributed by atoms with Crippen molar-refractivity contribution in [2.75, 3.05) is 0 Å². The van der Waals surface area contributed by atoms with E-state index in [0.29, 0.717) is 0 Å². The lowest BCUT2D eigenvalue weighted by atomic mass is 10.1. The molecule has 0 atom stereocenters. The first kappa shape index (κ1) is 10.6. The van der Waals surface area contributed by atoms with Gasteiger partial charge in [0.2, 0.25) is 0 Å². The van der Waals surface area contributed by atoms with Gasteiger partial charge in [-0.2, -0.15) is 13.2 Å². The zero-order valence-corrected chi connectivity index (χ0v) is 7.04. The summed E-state index contributed by atoms with van der Waals surface area (Å²) in [5.41, 5.74) is -0.825. The Labute approximate surface area is 78.3 Å². The fourth-order valence-electron chi connectivity index (χ4n) is 1.05. The van der Waals surface area contributed by atoms with Gasteiger partial charge >= 0.3 is 6.18 Å². The van der Waals surface area contributed by atoms with Gasteiger partial charge in [0.25, 0.3) is 6.47 Å². The van der Waals surface area contributed by atoms with Crippen molar-refractivity contribution in [1.82, 2.24) is 0 Å². The lowest BCUT2D eigenvalue weighted by Crippen LogP contribution is -2.09. The lowest BCUT2D eigenvalue weighted by Gasteiger charge is -2.11. The van der Waals surface area contributed by atoms with E-state index < -0.39 is 11.7 Å². The number of ether oxygens (including phenoxy) is 1. The van der Waals surface area contributed by atoms with Gasteiger partial charge in [-0.3, -0.25) is 4.79 Å². The van der Waals surface area contributed by atoms with E-state index in [1.165, 1.54) is 18.2 Å². The molecule has 0 aliphatic rings. The third-order valence-electron chi connectivity index (χ3n) is 1.63. The SMILES string of the molecule is O=COCc1ccccc1C(F)(F)F. The van der Waals surface area contributed by atoms with Crippen LogP contribution < -0.4 is 0 Å². The molecule has 0 aliphatic carbocycles. The first-order valence-corrected chi connectivity index (χ1v) is 3.76. The van der Waals surface area contributed by atoms with Crippen molar-refractivity contribution < 1.29 is 22.7 Å². The minimum atomic E-state index is -4.41. The van der Waals surface area contributed by atoms with Crippen LogP contribution >= 0.6 is 0 Å². The minimum Gasteiger partial charge on any atom is -0.463 e. The van der Waals surface area contributed by atoms with Crippen LogP contribution in [0.1, 0.15) is 11.1 Å². The summed E-state index contributed by atoms with van der Waals surface area (Å²) in [6, 6.07) is 4.96. The van der Waals surface area contributed by atoms with E-state index in [0.717, 1.165) is 6.07 Å². The van der Waals surface area contributed by atoms with Crippen molar-refractivity contribution in [1.29, 1.82) is 0 Å². The number of hydrogen-bond donors (Lipinski definition) is 0. The van der Waals surface area contributed by atoms with E-state index >= 15 is 0 Å². The van der Waals surface area contributed by atoms with E-state index in [4.69, 9.17) is 0 Å². The number of rotatable bonds is 3. The molecule has 0 spiro atoms. The van der Waals surface area contributed by atoms with Gasteiger partial charge in [-0.15, -0.1) is 0 Å². The summed E-state index contributed by atoms with van der Waals surface area (Å²) in [7, 11) is 0. The van der Waals surface area contributed by atoms with Gasteiger partial charge in [0.1, 0.15) is 6.61 Å². The first-order valence-electron chi connectivity index (χ1n) is 3.76. The van der Waals surface area contributed by atoms with Crippen molar-refractivity contribution in [3.63, 3.8) is 0 Å². The van der Waals surface area contributed by atoms with E-state index in [2.05, 4.69) is 4.74 Å². The molecule has 0 aliphatic heterocycles. The van der Waals surface area contributed by atoms with Crippen LogP contribution in [-0.4, -0.2) is 6.47 Å². The van der Waals surface area contributed by atoms with Crippen LogP contribution in [0.3, 0.4) is 0 Å². The third kappa shape index (κ3) is 2.48. The molecule has 1 rings (SSSR count). The molecular formula is C9H7F3O2. The number of carbonyl (C=O) groups excluding carboxylic acids is 1. The largest absolute Gasteiger partial charge is 0.463 e. The van der Waals surface area contributed by atoms with Crippen LogP contribution in [0.2, 0.25) is 0 Å². The fourth-order valence-corrected chi connectivity index (χ4v) is 1.05. The third-order valence-corrected chi connectivity index (χ3v) is 1.63. The van der Waals surface area contributed by atoms with Crippen LogP contribution in [0, 0.1) is 0 Å². The quantitative estimate of drug-likeness (QED) is 0.706. The molecule has 0 aromatic heterocycles. The normalized spacial score (nSPS) is 11.1. The highest BCUT2D eigenvalue weighted by Crippen LogP contribution is 2.31. The van der Waals surface area contributed by atoms with Crippen LogP contribution in [0.4, 0.5) is 13.2 Å². The molecular weight excluding hydrogens is 197 g/mol. The molecule has 76 valence electrons. The maximum Gasteiger partial charge on any atom is 0.416 e. The Kier molecular flexibility index (Phi) is 3.11. The van der Waals surface area contributed by atoms with E-state index in [1.807, 2.05) is 0 Å². The van der Waals surface area contributed by atoms with E-state index in [1.54, 1.807) is 0 Å². The summed E-state index contributed by atoms with van der Waals surface area (Å²) in [6.45, 7) is -0.244. The number of hydrogen-bond acceptors (Lipinski definition) is 2. The lowest BCUT2D eigenvalue weighted by molar-refractivity contribution is -0.140. The highest BCUT2D eigenvalue weighted by Gasteiger charge is 2.32. The zero-order chi connectivity index (χ0) is 10.6. The second-order valence-electron chi connectivity index (χ2n) is 2.56. The molecule has 14 heavy (non-hydrogen) atoms. The Bertz CT molecular complexity index is 320. The predicted molar refractivity (Wildman–Crippen MR) is 42.3 cm³/mol. The van der Waals surface area contributed by atoms with Gasteiger partial charge in [0.15, 0.2) is 0 Å². The average molecular weight is 204 g/mol. The summed E-state index contributed by atoms with van der Waals surface area (Å²) < 4.78 is 41.3. The van der Waals surface area contributed by atoms with Crippen LogP contribution in [0.25, 0.3) is 0 Å². The molecule has 0 bridgehead atoms. The summed E-state index contributed by atoms with van der Waals surface area (Å²) in [5, 5.41) is 0. The van der Waals surface area contributed by atoms with Gasteiger partial charge < -0.3 is 4.74 Å². The monoisotopic (exact) mass is 204 g/mol. The van der Waals surface area contributed by atoms with Crippen molar-refractivity contribution in [2.24, 2.45) is 0 Å². The molecule has 2 nitrogen and oxygen atoms in total. The molecule has 0 amide bonds. The summed E-state index contributed by atoms with van der Waals surface area (Å²) in [4.78, 5) is 9.84. The Morgan fingerprint density at radius 2 is 1.93 bits per heavy atom. The van der Waals surface area contributed by atoms with Crippen molar-refractivity contribution in [2.45, 2.75) is 12.8 Å². The molecule has 0 heterocycles. The van der Waals surface area contributed by atoms with Gasteiger partial charge in [-0.05, 0) is 6.07 Å². The van der Waals surface area contributed by atoms with Crippen LogP contribution in [0.15, 0.2) is 24.3 Å². The Morgan fingerprint density at radius 1 is 1.29 bits per heavy atom. The maximum absolute atomic E-state index is 12.3. The molecule has 5 heteroatoms. The molecule has 0 unspecified atom stereocenters. The topological polar surface area (TPSA) is 26.3 Å². The maximum atomic E-state index is 12.3. The number of alkyl halides is 3. The Balaban J connectivity index is 2.97. The summed E-state index contributed by atoms with van der Waals surface area (Å²) >= 11 is 0. The smallest absolute Gasteiger partial charge is 0.416 e. The highest BCUT2D eigenvalue weighted by atomic mass is 19.4. The van der Waals surface area contributed by atoms with Gasteiger partial charge in [-0.1, -0.05) is 18.2 Å². The first-order chi connectivity index (χ1) is 6.55. The molecule has 0 radical (unpaired) electrons. The number of carbonyl (C=O) groups is 1. The molecule has 0 N–H and O–H groups in total. The predicted octanol–water partition coefficient (Wildman–Crippen LogP) is 2.38. The molecule has 0 saturated heterocycles. The molecule has 0 saturated carbocycles. The minimum absolute atomic E-state index is 0.0490. The van der Waals surface area contributed by atoms with Crippen LogP contribution in [0.5, 0.6) is 0 Å². The summed E-state index contributed by atoms with van der Waals surface area (Å²) in [5.74, 6) is 0. The fraction of sp³-hybridized carbons (Fsp3) is 0.222. The van der Waals surface area contributed by atoms with Crippen molar-refractivity contribution >= 4 is 6.47 Å². The Hall–Kier alpha value is -1.52. The second kappa shape index (κ2) is 4.13. The average Bonchev–Trinajstić information content (AvgIpc) is 2.14. The standard InChI is InChI=1S/C9H7F3O2/c10-9(11,12)8-4-2-1-3-7(8)5-14-6-13/h1-4,6H,5H2. The van der Waals surface area contributed by atoms with E-state index in [-0.39, 0.29) is 18.6 Å². The van der Waals surface area contributed by atoms with Gasteiger partial charge in [0.05, 0.1) is 5.56 Å². The number of benzene rings is 1. The van der Waals surface area contributed by atoms with Gasteiger partial charge in [-0.25, -0.2) is 0 Å². The summed E-state index contributed by atoms with van der Waals surface area (Å²) in [6.07, 6.45) is -4.41. The zero-order valence-electron chi connectivity index (χ0n) is 7.04. The molecule has 1 aromatic carbocycles. The highest BCUT2D eigenvalue weighted by molar-refractivity contribution is 5.38. The Morgan fingerprint density at radius 3 is 2.50 bits per heavy atom. The van der Waals surface area contributed by atoms with Crippen LogP contribution in [-0.2, 0) is 22.3 Å². The second-order valence-corrected chi connectivity index (χ2v) is 2.56. The number of halogens is 3. The van der Waals surface area contributed by atoms with Gasteiger partial charge in [0, 0.05) is 5.56 Å².